The van der Waals surface area contributed by atoms with Crippen LogP contribution in [-0.2, 0) is 14.4 Å². The van der Waals surface area contributed by atoms with Crippen molar-refractivity contribution in [1.82, 2.24) is 0 Å². The van der Waals surface area contributed by atoms with E-state index in [9.17, 15) is 14.4 Å². The van der Waals surface area contributed by atoms with Crippen molar-refractivity contribution >= 4 is 17.9 Å². The van der Waals surface area contributed by atoms with E-state index >= 15 is 0 Å². The SMILES string of the molecule is CCC/C=C/CCC[N+](CCCCC(=O)O)(CCCCC(=O)O)CCCCC(=O)O. The Balaban J connectivity index is 4.95. The van der Waals surface area contributed by atoms with Crippen molar-refractivity contribution < 1.29 is 34.2 Å². The van der Waals surface area contributed by atoms with Gasteiger partial charge in [0.25, 0.3) is 0 Å². The van der Waals surface area contributed by atoms with Gasteiger partial charge in [-0.05, 0) is 51.4 Å². The third-order valence-corrected chi connectivity index (χ3v) is 5.44. The van der Waals surface area contributed by atoms with Crippen LogP contribution in [0, 0.1) is 0 Å². The molecular weight excluding hydrogens is 386 g/mol. The average Bonchev–Trinajstić information content (AvgIpc) is 2.68. The van der Waals surface area contributed by atoms with Gasteiger partial charge in [0, 0.05) is 25.7 Å². The molecule has 0 spiro atoms. The summed E-state index contributed by atoms with van der Waals surface area (Å²) in [4.78, 5) is 32.5. The minimum absolute atomic E-state index is 0.164. The number of hydrogen-bond acceptors (Lipinski definition) is 3. The van der Waals surface area contributed by atoms with Crippen molar-refractivity contribution in [2.24, 2.45) is 0 Å². The number of hydrogen-bond donors (Lipinski definition) is 3. The van der Waals surface area contributed by atoms with Crippen LogP contribution in [0.15, 0.2) is 12.2 Å². The summed E-state index contributed by atoms with van der Waals surface area (Å²) >= 11 is 0. The molecule has 7 heteroatoms. The second kappa shape index (κ2) is 17.9. The van der Waals surface area contributed by atoms with Crippen molar-refractivity contribution in [2.45, 2.75) is 90.4 Å². The van der Waals surface area contributed by atoms with E-state index in [1.807, 2.05) is 0 Å². The lowest BCUT2D eigenvalue weighted by molar-refractivity contribution is -0.929. The van der Waals surface area contributed by atoms with Gasteiger partial charge in [0.2, 0.25) is 0 Å². The van der Waals surface area contributed by atoms with E-state index in [-0.39, 0.29) is 19.3 Å². The van der Waals surface area contributed by atoms with Crippen LogP contribution in [0.1, 0.15) is 90.4 Å². The molecule has 0 aromatic carbocycles. The third-order valence-electron chi connectivity index (χ3n) is 5.44. The molecule has 0 radical (unpaired) electrons. The van der Waals surface area contributed by atoms with Gasteiger partial charge >= 0.3 is 17.9 Å². The molecule has 0 atom stereocenters. The van der Waals surface area contributed by atoms with Crippen molar-refractivity contribution in [3.05, 3.63) is 12.2 Å². The Morgan fingerprint density at radius 3 is 1.33 bits per heavy atom. The summed E-state index contributed by atoms with van der Waals surface area (Å²) < 4.78 is 0.834. The molecule has 0 amide bonds. The summed E-state index contributed by atoms with van der Waals surface area (Å²) in [6.45, 7) is 5.71. The molecule has 0 bridgehead atoms. The lowest BCUT2D eigenvalue weighted by Crippen LogP contribution is -2.50. The number of carboxylic acid groups (broad SMARTS) is 3. The number of carbonyl (C=O) groups is 3. The summed E-state index contributed by atoms with van der Waals surface area (Å²) in [6, 6.07) is 0. The summed E-state index contributed by atoms with van der Waals surface area (Å²) in [5.41, 5.74) is 0. The largest absolute Gasteiger partial charge is 0.481 e. The Bertz CT molecular complexity index is 463. The highest BCUT2D eigenvalue weighted by Gasteiger charge is 2.26. The summed E-state index contributed by atoms with van der Waals surface area (Å²) in [6.07, 6.45) is 13.5. The standard InChI is InChI=1S/C23H41NO6/c1-2-3-4-5-6-10-17-24(18-11-7-14-21(25)26,19-12-8-15-22(27)28)20-13-9-16-23(29)30/h4-5H,2-3,6-20H2,1H3,(H2-,25,26,27,28,29,30)/p+1/b5-4+. The molecule has 0 aromatic heterocycles. The number of aliphatic carboxylic acids is 3. The number of quaternary nitrogens is 1. The Hall–Kier alpha value is -1.89. The quantitative estimate of drug-likeness (QED) is 0.139. The molecule has 7 nitrogen and oxygen atoms in total. The van der Waals surface area contributed by atoms with Gasteiger partial charge in [0.05, 0.1) is 26.2 Å². The fraction of sp³-hybridized carbons (Fsp3) is 0.783. The molecule has 0 saturated heterocycles. The number of nitrogens with zero attached hydrogens (tertiary/aromatic N) is 1. The molecular formula is C23H42NO6+. The van der Waals surface area contributed by atoms with Gasteiger partial charge in [-0.1, -0.05) is 25.5 Å². The van der Waals surface area contributed by atoms with Crippen molar-refractivity contribution in [3.63, 3.8) is 0 Å². The molecule has 0 aliphatic heterocycles. The highest BCUT2D eigenvalue weighted by atomic mass is 16.4. The average molecular weight is 429 g/mol. The zero-order valence-electron chi connectivity index (χ0n) is 18.7. The topological polar surface area (TPSA) is 112 Å². The van der Waals surface area contributed by atoms with E-state index in [0.717, 1.165) is 75.6 Å². The lowest BCUT2D eigenvalue weighted by atomic mass is 10.1. The number of carboxylic acids is 3. The van der Waals surface area contributed by atoms with Gasteiger partial charge in [-0.2, -0.15) is 0 Å². The number of unbranched alkanes of at least 4 members (excludes halogenated alkanes) is 5. The first-order valence-electron chi connectivity index (χ1n) is 11.5. The summed E-state index contributed by atoms with van der Waals surface area (Å²) in [5.74, 6) is -2.34. The van der Waals surface area contributed by atoms with Crippen molar-refractivity contribution in [2.75, 3.05) is 26.2 Å². The van der Waals surface area contributed by atoms with Crippen LogP contribution >= 0.6 is 0 Å². The van der Waals surface area contributed by atoms with E-state index in [2.05, 4.69) is 19.1 Å². The minimum atomic E-state index is -0.780. The molecule has 0 rings (SSSR count). The first-order chi connectivity index (χ1) is 14.3. The fourth-order valence-electron chi connectivity index (χ4n) is 3.79. The van der Waals surface area contributed by atoms with Crippen LogP contribution < -0.4 is 0 Å². The van der Waals surface area contributed by atoms with Crippen molar-refractivity contribution in [1.29, 1.82) is 0 Å². The molecule has 0 saturated carbocycles. The van der Waals surface area contributed by atoms with E-state index in [1.54, 1.807) is 0 Å². The number of allylic oxidation sites excluding steroid dienone is 2. The molecule has 0 fully saturated rings. The second-order valence-corrected chi connectivity index (χ2v) is 8.19. The van der Waals surface area contributed by atoms with E-state index in [4.69, 9.17) is 15.3 Å². The second-order valence-electron chi connectivity index (χ2n) is 8.19. The van der Waals surface area contributed by atoms with Crippen LogP contribution in [0.2, 0.25) is 0 Å². The Morgan fingerprint density at radius 2 is 0.967 bits per heavy atom. The Labute approximate surface area is 181 Å². The van der Waals surface area contributed by atoms with Crippen LogP contribution in [0.4, 0.5) is 0 Å². The predicted octanol–water partition coefficient (Wildman–Crippen LogP) is 4.70. The molecule has 174 valence electrons. The first-order valence-corrected chi connectivity index (χ1v) is 11.5. The maximum atomic E-state index is 10.8. The minimum Gasteiger partial charge on any atom is -0.481 e. The zero-order valence-corrected chi connectivity index (χ0v) is 18.7. The van der Waals surface area contributed by atoms with Crippen molar-refractivity contribution in [3.8, 4) is 0 Å². The maximum absolute atomic E-state index is 10.8. The molecule has 0 unspecified atom stereocenters. The van der Waals surface area contributed by atoms with Gasteiger partial charge in [0.1, 0.15) is 0 Å². The van der Waals surface area contributed by atoms with Crippen LogP contribution in [0.5, 0.6) is 0 Å². The van der Waals surface area contributed by atoms with Crippen LogP contribution in [0.25, 0.3) is 0 Å². The summed E-state index contributed by atoms with van der Waals surface area (Å²) in [7, 11) is 0. The first kappa shape index (κ1) is 28.1. The molecule has 0 heterocycles. The third kappa shape index (κ3) is 17.0. The fourth-order valence-corrected chi connectivity index (χ4v) is 3.79. The van der Waals surface area contributed by atoms with Gasteiger partial charge in [-0.15, -0.1) is 0 Å². The molecule has 3 N–H and O–H groups in total. The van der Waals surface area contributed by atoms with Gasteiger partial charge in [-0.25, -0.2) is 0 Å². The predicted molar refractivity (Wildman–Crippen MR) is 117 cm³/mol. The molecule has 0 aromatic rings. The van der Waals surface area contributed by atoms with E-state index < -0.39 is 17.9 Å². The normalized spacial score (nSPS) is 11.8. The highest BCUT2D eigenvalue weighted by molar-refractivity contribution is 5.67. The monoisotopic (exact) mass is 428 g/mol. The highest BCUT2D eigenvalue weighted by Crippen LogP contribution is 2.18. The summed E-state index contributed by atoms with van der Waals surface area (Å²) in [5, 5.41) is 26.7. The number of rotatable bonds is 21. The van der Waals surface area contributed by atoms with Crippen LogP contribution in [0.3, 0.4) is 0 Å². The van der Waals surface area contributed by atoms with Gasteiger partial charge in [0.15, 0.2) is 0 Å². The Morgan fingerprint density at radius 1 is 0.600 bits per heavy atom. The van der Waals surface area contributed by atoms with Gasteiger partial charge < -0.3 is 19.8 Å². The van der Waals surface area contributed by atoms with E-state index in [0.29, 0.717) is 19.3 Å². The molecule has 0 aliphatic rings. The molecule has 30 heavy (non-hydrogen) atoms. The lowest BCUT2D eigenvalue weighted by Gasteiger charge is -2.39. The van der Waals surface area contributed by atoms with Crippen LogP contribution in [-0.4, -0.2) is 63.9 Å². The smallest absolute Gasteiger partial charge is 0.303 e. The molecule has 0 aliphatic carbocycles. The van der Waals surface area contributed by atoms with E-state index in [1.165, 1.54) is 0 Å². The van der Waals surface area contributed by atoms with Gasteiger partial charge in [-0.3, -0.25) is 14.4 Å². The Kier molecular flexibility index (Phi) is 16.8. The zero-order chi connectivity index (χ0) is 22.7. The maximum Gasteiger partial charge on any atom is 0.303 e.